The van der Waals surface area contributed by atoms with Crippen molar-refractivity contribution in [1.29, 1.82) is 0 Å². The molecule has 1 heterocycles. The van der Waals surface area contributed by atoms with Gasteiger partial charge in [-0.2, -0.15) is 0 Å². The van der Waals surface area contributed by atoms with Gasteiger partial charge < -0.3 is 14.7 Å². The third-order valence-corrected chi connectivity index (χ3v) is 4.53. The maximum absolute atomic E-state index is 12.4. The molecule has 0 radical (unpaired) electrons. The second-order valence-electron chi connectivity index (χ2n) is 6.26. The van der Waals surface area contributed by atoms with E-state index in [-0.39, 0.29) is 11.7 Å². The van der Waals surface area contributed by atoms with Crippen LogP contribution >= 0.6 is 0 Å². The minimum Gasteiger partial charge on any atom is -0.415 e. The fourth-order valence-corrected chi connectivity index (χ4v) is 3.16. The van der Waals surface area contributed by atoms with Crippen molar-refractivity contribution in [3.05, 3.63) is 75.8 Å². The van der Waals surface area contributed by atoms with E-state index >= 15 is 0 Å². The van der Waals surface area contributed by atoms with E-state index in [0.29, 0.717) is 18.5 Å². The summed E-state index contributed by atoms with van der Waals surface area (Å²) in [5.41, 5.74) is 1.48. The zero-order chi connectivity index (χ0) is 18.5. The quantitative estimate of drug-likeness (QED) is 0.503. The van der Waals surface area contributed by atoms with Crippen LogP contribution in [0.1, 0.15) is 30.3 Å². The first-order valence-electron chi connectivity index (χ1n) is 8.48. The molecule has 1 amide bonds. The van der Waals surface area contributed by atoms with Crippen LogP contribution in [0.5, 0.6) is 0 Å². The number of hydrogen-bond acceptors (Lipinski definition) is 5. The number of ether oxygens (including phenoxy) is 1. The van der Waals surface area contributed by atoms with E-state index in [4.69, 9.17) is 4.74 Å². The number of benzene rings is 2. The Morgan fingerprint density at radius 1 is 1.23 bits per heavy atom. The molecule has 26 heavy (non-hydrogen) atoms. The number of carbonyl (C=O) groups excluding carboxylic acids is 1. The third kappa shape index (κ3) is 4.18. The van der Waals surface area contributed by atoms with Gasteiger partial charge in [-0.25, -0.2) is 4.79 Å². The van der Waals surface area contributed by atoms with E-state index in [1.807, 2.05) is 6.07 Å². The van der Waals surface area contributed by atoms with Crippen LogP contribution in [-0.4, -0.2) is 33.6 Å². The van der Waals surface area contributed by atoms with Crippen molar-refractivity contribution in [2.24, 2.45) is 0 Å². The number of carbonyl (C=O) groups is 1. The molecule has 2 atom stereocenters. The van der Waals surface area contributed by atoms with Crippen LogP contribution in [0.15, 0.2) is 54.6 Å². The molecule has 136 valence electrons. The Morgan fingerprint density at radius 2 is 1.92 bits per heavy atom. The molecule has 7 heteroatoms. The van der Waals surface area contributed by atoms with E-state index in [1.54, 1.807) is 41.3 Å². The number of amides is 1. The van der Waals surface area contributed by atoms with Gasteiger partial charge in [-0.05, 0) is 24.8 Å². The molecule has 0 aromatic heterocycles. The van der Waals surface area contributed by atoms with Crippen LogP contribution in [0.2, 0.25) is 0 Å². The zero-order valence-corrected chi connectivity index (χ0v) is 14.2. The number of non-ortho nitro benzene ring substituents is 1. The number of rotatable bonds is 5. The summed E-state index contributed by atoms with van der Waals surface area (Å²) >= 11 is 0. The van der Waals surface area contributed by atoms with E-state index in [9.17, 15) is 20.0 Å². The summed E-state index contributed by atoms with van der Waals surface area (Å²) in [5, 5.41) is 20.8. The highest BCUT2D eigenvalue weighted by molar-refractivity contribution is 5.68. The van der Waals surface area contributed by atoms with Crippen molar-refractivity contribution >= 4 is 11.8 Å². The van der Waals surface area contributed by atoms with Crippen molar-refractivity contribution in [1.82, 2.24) is 4.90 Å². The highest BCUT2D eigenvalue weighted by atomic mass is 16.6. The number of nitro groups is 1. The molecule has 2 aromatic rings. The Morgan fingerprint density at radius 3 is 2.58 bits per heavy atom. The maximum atomic E-state index is 12.4. The first-order chi connectivity index (χ1) is 12.5. The average Bonchev–Trinajstić information content (AvgIpc) is 3.11. The maximum Gasteiger partial charge on any atom is 0.412 e. The largest absolute Gasteiger partial charge is 0.415 e. The van der Waals surface area contributed by atoms with Gasteiger partial charge in [-0.1, -0.05) is 42.5 Å². The second kappa shape index (κ2) is 7.97. The molecule has 7 nitrogen and oxygen atoms in total. The van der Waals surface area contributed by atoms with Crippen molar-refractivity contribution in [2.75, 3.05) is 6.54 Å². The molecule has 2 aromatic carbocycles. The topological polar surface area (TPSA) is 92.9 Å². The van der Waals surface area contributed by atoms with Crippen LogP contribution in [-0.2, 0) is 11.2 Å². The standard InChI is InChI=1S/C19H20N2O5/c22-18(15-5-2-1-3-6-15)26-19(23)20-12-4-7-17(20)13-14-8-10-16(11-9-14)21(24)25/h1-3,5-6,8-11,17-18,22H,4,7,12-13H2/t17?,18-/m1/s1. The monoisotopic (exact) mass is 356 g/mol. The summed E-state index contributed by atoms with van der Waals surface area (Å²) in [6.07, 6.45) is 0.422. The van der Waals surface area contributed by atoms with Crippen LogP contribution in [0, 0.1) is 10.1 Å². The highest BCUT2D eigenvalue weighted by Gasteiger charge is 2.31. The second-order valence-corrected chi connectivity index (χ2v) is 6.26. The third-order valence-electron chi connectivity index (χ3n) is 4.53. The lowest BCUT2D eigenvalue weighted by Crippen LogP contribution is -2.37. The van der Waals surface area contributed by atoms with Crippen molar-refractivity contribution in [3.63, 3.8) is 0 Å². The molecule has 1 aliphatic heterocycles. The van der Waals surface area contributed by atoms with Crippen LogP contribution in [0.3, 0.4) is 0 Å². The first kappa shape index (κ1) is 17.9. The van der Waals surface area contributed by atoms with E-state index in [2.05, 4.69) is 0 Å². The van der Waals surface area contributed by atoms with Crippen molar-refractivity contribution in [2.45, 2.75) is 31.6 Å². The molecule has 3 rings (SSSR count). The summed E-state index contributed by atoms with van der Waals surface area (Å²) in [6.45, 7) is 0.567. The molecular weight excluding hydrogens is 336 g/mol. The van der Waals surface area contributed by atoms with Gasteiger partial charge in [0.1, 0.15) is 0 Å². The number of likely N-dealkylation sites (tertiary alicyclic amines) is 1. The summed E-state index contributed by atoms with van der Waals surface area (Å²) < 4.78 is 5.19. The molecular formula is C19H20N2O5. The number of aliphatic hydroxyl groups excluding tert-OH is 1. The Labute approximate surface area is 151 Å². The van der Waals surface area contributed by atoms with Crippen LogP contribution in [0.4, 0.5) is 10.5 Å². The molecule has 0 aliphatic carbocycles. The van der Waals surface area contributed by atoms with E-state index in [1.165, 1.54) is 12.1 Å². The minimum atomic E-state index is -1.30. The van der Waals surface area contributed by atoms with Gasteiger partial charge in [0, 0.05) is 30.3 Å². The lowest BCUT2D eigenvalue weighted by Gasteiger charge is -2.25. The van der Waals surface area contributed by atoms with Gasteiger partial charge in [0.2, 0.25) is 6.29 Å². The van der Waals surface area contributed by atoms with Gasteiger partial charge in [-0.15, -0.1) is 0 Å². The fraction of sp³-hybridized carbons (Fsp3) is 0.316. The number of nitro benzene ring substituents is 1. The predicted octanol–water partition coefficient (Wildman–Crippen LogP) is 3.43. The van der Waals surface area contributed by atoms with Gasteiger partial charge in [0.25, 0.3) is 5.69 Å². The van der Waals surface area contributed by atoms with Gasteiger partial charge in [-0.3, -0.25) is 10.1 Å². The molecule has 1 saturated heterocycles. The molecule has 1 N–H and O–H groups in total. The average molecular weight is 356 g/mol. The first-order valence-corrected chi connectivity index (χ1v) is 8.48. The van der Waals surface area contributed by atoms with Gasteiger partial charge in [0.15, 0.2) is 0 Å². The Hall–Kier alpha value is -2.93. The normalized spacial score (nSPS) is 17.7. The van der Waals surface area contributed by atoms with E-state index < -0.39 is 17.3 Å². The molecule has 1 fully saturated rings. The van der Waals surface area contributed by atoms with Crippen molar-refractivity contribution < 1.29 is 19.6 Å². The molecule has 0 spiro atoms. The molecule has 1 aliphatic rings. The summed E-state index contributed by atoms with van der Waals surface area (Å²) in [4.78, 5) is 24.3. The van der Waals surface area contributed by atoms with Crippen LogP contribution in [0.25, 0.3) is 0 Å². The SMILES string of the molecule is O=C(O[C@@H](O)c1ccccc1)N1CCCC1Cc1ccc([N+](=O)[O-])cc1. The number of hydrogen-bond donors (Lipinski definition) is 1. The van der Waals surface area contributed by atoms with Gasteiger partial charge >= 0.3 is 6.09 Å². The predicted molar refractivity (Wildman–Crippen MR) is 94.4 cm³/mol. The van der Waals surface area contributed by atoms with Gasteiger partial charge in [0.05, 0.1) is 4.92 Å². The molecule has 1 unspecified atom stereocenters. The van der Waals surface area contributed by atoms with Crippen molar-refractivity contribution in [3.8, 4) is 0 Å². The summed E-state index contributed by atoms with van der Waals surface area (Å²) in [6, 6.07) is 15.0. The smallest absolute Gasteiger partial charge is 0.412 e. The molecule has 0 bridgehead atoms. The number of nitrogens with zero attached hydrogens (tertiary/aromatic N) is 2. The Balaban J connectivity index is 1.62. The minimum absolute atomic E-state index is 0.0439. The zero-order valence-electron chi connectivity index (χ0n) is 14.2. The summed E-state index contributed by atoms with van der Waals surface area (Å²) in [5.74, 6) is 0. The number of aliphatic hydroxyl groups is 1. The summed E-state index contributed by atoms with van der Waals surface area (Å²) in [7, 11) is 0. The Kier molecular flexibility index (Phi) is 5.48. The lowest BCUT2D eigenvalue weighted by molar-refractivity contribution is -0.384. The van der Waals surface area contributed by atoms with Crippen LogP contribution < -0.4 is 0 Å². The lowest BCUT2D eigenvalue weighted by atomic mass is 10.0. The molecule has 0 saturated carbocycles. The highest BCUT2D eigenvalue weighted by Crippen LogP contribution is 2.25. The van der Waals surface area contributed by atoms with E-state index in [0.717, 1.165) is 18.4 Å². The fourth-order valence-electron chi connectivity index (χ4n) is 3.16. The Bertz CT molecular complexity index is 763.